The smallest absolute Gasteiger partial charge is 0.119 e. The van der Waals surface area contributed by atoms with Gasteiger partial charge in [-0.05, 0) is 30.5 Å². The highest BCUT2D eigenvalue weighted by Gasteiger charge is 1.97. The zero-order valence-electron chi connectivity index (χ0n) is 7.54. The Morgan fingerprint density at radius 2 is 2.17 bits per heavy atom. The number of rotatable bonds is 2. The van der Waals surface area contributed by atoms with Crippen molar-refractivity contribution in [2.24, 2.45) is 0 Å². The highest BCUT2D eigenvalue weighted by atomic mass is 16.3. The van der Waals surface area contributed by atoms with Crippen molar-refractivity contribution in [2.75, 3.05) is 0 Å². The van der Waals surface area contributed by atoms with Gasteiger partial charge in [-0.25, -0.2) is 0 Å². The van der Waals surface area contributed by atoms with Crippen molar-refractivity contribution in [2.45, 2.75) is 20.3 Å². The summed E-state index contributed by atoms with van der Waals surface area (Å²) in [5, 5.41) is 9.48. The molecule has 0 aliphatic carbocycles. The average molecular weight is 162 g/mol. The molecule has 0 atom stereocenters. The van der Waals surface area contributed by atoms with Crippen LogP contribution in [0.4, 0.5) is 0 Å². The minimum absolute atomic E-state index is 0.396. The van der Waals surface area contributed by atoms with Gasteiger partial charge in [-0.3, -0.25) is 0 Å². The van der Waals surface area contributed by atoms with E-state index in [2.05, 4.69) is 0 Å². The minimum Gasteiger partial charge on any atom is -0.508 e. The molecule has 12 heavy (non-hydrogen) atoms. The maximum atomic E-state index is 9.48. The third kappa shape index (κ3) is 1.88. The number of allylic oxidation sites excluding steroid dienone is 1. The fourth-order valence-corrected chi connectivity index (χ4v) is 1.18. The van der Waals surface area contributed by atoms with Crippen molar-refractivity contribution in [3.63, 3.8) is 0 Å². The summed E-state index contributed by atoms with van der Waals surface area (Å²) in [6.45, 7) is 4.00. The van der Waals surface area contributed by atoms with Gasteiger partial charge in [-0.1, -0.05) is 31.2 Å². The van der Waals surface area contributed by atoms with Crippen molar-refractivity contribution >= 4 is 6.08 Å². The van der Waals surface area contributed by atoms with Crippen molar-refractivity contribution in [3.05, 3.63) is 35.4 Å². The largest absolute Gasteiger partial charge is 0.508 e. The van der Waals surface area contributed by atoms with Crippen LogP contribution < -0.4 is 0 Å². The summed E-state index contributed by atoms with van der Waals surface area (Å²) in [5.74, 6) is 0.396. The van der Waals surface area contributed by atoms with Crippen molar-refractivity contribution in [1.29, 1.82) is 0 Å². The van der Waals surface area contributed by atoms with Crippen LogP contribution in [-0.2, 0) is 6.42 Å². The van der Waals surface area contributed by atoms with Gasteiger partial charge in [-0.2, -0.15) is 0 Å². The van der Waals surface area contributed by atoms with E-state index in [0.717, 1.165) is 17.5 Å². The predicted octanol–water partition coefficient (Wildman–Crippen LogP) is 2.99. The van der Waals surface area contributed by atoms with E-state index in [4.69, 9.17) is 0 Å². The van der Waals surface area contributed by atoms with Crippen LogP contribution >= 0.6 is 0 Å². The number of phenolic OH excluding ortho intramolecular Hbond substituents is 1. The molecule has 1 aromatic carbocycles. The van der Waals surface area contributed by atoms with Gasteiger partial charge in [-0.15, -0.1) is 0 Å². The monoisotopic (exact) mass is 162 g/mol. The number of hydrogen-bond donors (Lipinski definition) is 1. The first-order valence-electron chi connectivity index (χ1n) is 4.22. The Balaban J connectivity index is 3.01. The molecule has 0 saturated carbocycles. The van der Waals surface area contributed by atoms with E-state index >= 15 is 0 Å². The molecule has 0 heterocycles. The molecule has 0 radical (unpaired) electrons. The van der Waals surface area contributed by atoms with Gasteiger partial charge in [0.1, 0.15) is 5.75 Å². The number of aromatic hydroxyl groups is 1. The van der Waals surface area contributed by atoms with E-state index in [1.54, 1.807) is 6.07 Å². The topological polar surface area (TPSA) is 20.2 Å². The molecule has 0 fully saturated rings. The fraction of sp³-hybridized carbons (Fsp3) is 0.273. The third-order valence-corrected chi connectivity index (χ3v) is 1.85. The van der Waals surface area contributed by atoms with Crippen LogP contribution in [0.15, 0.2) is 24.3 Å². The number of benzene rings is 1. The lowest BCUT2D eigenvalue weighted by atomic mass is 10.1. The second-order valence-electron chi connectivity index (χ2n) is 2.74. The first-order valence-corrected chi connectivity index (χ1v) is 4.22. The SMILES string of the molecule is CC=Cc1ccc(CC)c(O)c1. The molecule has 0 bridgehead atoms. The van der Waals surface area contributed by atoms with Gasteiger partial charge in [0.25, 0.3) is 0 Å². The standard InChI is InChI=1S/C11H14O/c1-3-5-9-6-7-10(4-2)11(12)8-9/h3,5-8,12H,4H2,1-2H3. The molecule has 0 amide bonds. The van der Waals surface area contributed by atoms with Crippen molar-refractivity contribution in [1.82, 2.24) is 0 Å². The van der Waals surface area contributed by atoms with Crippen LogP contribution in [0.2, 0.25) is 0 Å². The lowest BCUT2D eigenvalue weighted by Gasteiger charge is -2.01. The molecule has 1 N–H and O–H groups in total. The Bertz CT molecular complexity index is 287. The third-order valence-electron chi connectivity index (χ3n) is 1.85. The van der Waals surface area contributed by atoms with Crippen LogP contribution in [0.3, 0.4) is 0 Å². The van der Waals surface area contributed by atoms with E-state index in [1.165, 1.54) is 0 Å². The van der Waals surface area contributed by atoms with Gasteiger partial charge >= 0.3 is 0 Å². The van der Waals surface area contributed by atoms with Crippen LogP contribution in [0.1, 0.15) is 25.0 Å². The average Bonchev–Trinajstić information content (AvgIpc) is 2.05. The van der Waals surface area contributed by atoms with E-state index in [1.807, 2.05) is 38.1 Å². The molecule has 1 aromatic rings. The zero-order valence-corrected chi connectivity index (χ0v) is 7.54. The van der Waals surface area contributed by atoms with Gasteiger partial charge in [0, 0.05) is 0 Å². The summed E-state index contributed by atoms with van der Waals surface area (Å²) in [6.07, 6.45) is 4.81. The second-order valence-corrected chi connectivity index (χ2v) is 2.74. The second kappa shape index (κ2) is 3.96. The minimum atomic E-state index is 0.396. The van der Waals surface area contributed by atoms with E-state index in [0.29, 0.717) is 5.75 Å². The molecule has 0 spiro atoms. The summed E-state index contributed by atoms with van der Waals surface area (Å²) in [5.41, 5.74) is 2.05. The summed E-state index contributed by atoms with van der Waals surface area (Å²) in [7, 11) is 0. The summed E-state index contributed by atoms with van der Waals surface area (Å²) in [6, 6.07) is 5.77. The Labute approximate surface area is 73.4 Å². The first kappa shape index (κ1) is 8.85. The molecule has 64 valence electrons. The molecule has 1 nitrogen and oxygen atoms in total. The number of hydrogen-bond acceptors (Lipinski definition) is 1. The molecule has 1 heteroatoms. The lowest BCUT2D eigenvalue weighted by molar-refractivity contribution is 0.469. The molecule has 0 saturated heterocycles. The van der Waals surface area contributed by atoms with Gasteiger partial charge in [0.15, 0.2) is 0 Å². The highest BCUT2D eigenvalue weighted by molar-refractivity contribution is 5.53. The van der Waals surface area contributed by atoms with E-state index < -0.39 is 0 Å². The zero-order chi connectivity index (χ0) is 8.97. The summed E-state index contributed by atoms with van der Waals surface area (Å²) < 4.78 is 0. The van der Waals surface area contributed by atoms with Crippen LogP contribution in [0.25, 0.3) is 6.08 Å². The predicted molar refractivity (Wildman–Crippen MR) is 52.2 cm³/mol. The fourth-order valence-electron chi connectivity index (χ4n) is 1.18. The molecular weight excluding hydrogens is 148 g/mol. The van der Waals surface area contributed by atoms with E-state index in [9.17, 15) is 5.11 Å². The lowest BCUT2D eigenvalue weighted by Crippen LogP contribution is -1.81. The quantitative estimate of drug-likeness (QED) is 0.708. The molecule has 0 aromatic heterocycles. The molecule has 0 unspecified atom stereocenters. The molecule has 0 aliphatic heterocycles. The maximum Gasteiger partial charge on any atom is 0.119 e. The normalized spacial score (nSPS) is 10.8. The Morgan fingerprint density at radius 1 is 1.42 bits per heavy atom. The van der Waals surface area contributed by atoms with Gasteiger partial charge in [0.2, 0.25) is 0 Å². The van der Waals surface area contributed by atoms with Crippen molar-refractivity contribution < 1.29 is 5.11 Å². The molecular formula is C11H14O. The molecule has 1 rings (SSSR count). The summed E-state index contributed by atoms with van der Waals surface area (Å²) >= 11 is 0. The van der Waals surface area contributed by atoms with Gasteiger partial charge < -0.3 is 5.11 Å². The Kier molecular flexibility index (Phi) is 2.92. The van der Waals surface area contributed by atoms with Crippen molar-refractivity contribution in [3.8, 4) is 5.75 Å². The van der Waals surface area contributed by atoms with Crippen LogP contribution in [-0.4, -0.2) is 5.11 Å². The maximum absolute atomic E-state index is 9.48. The van der Waals surface area contributed by atoms with E-state index in [-0.39, 0.29) is 0 Å². The van der Waals surface area contributed by atoms with Gasteiger partial charge in [0.05, 0.1) is 0 Å². The Morgan fingerprint density at radius 3 is 2.67 bits per heavy atom. The van der Waals surface area contributed by atoms with Crippen LogP contribution in [0, 0.1) is 0 Å². The Hall–Kier alpha value is -1.24. The molecule has 0 aliphatic rings. The first-order chi connectivity index (χ1) is 5.77. The number of phenols is 1. The number of aryl methyl sites for hydroxylation is 1. The summed E-state index contributed by atoms with van der Waals surface area (Å²) in [4.78, 5) is 0. The highest BCUT2D eigenvalue weighted by Crippen LogP contribution is 2.19. The van der Waals surface area contributed by atoms with Crippen LogP contribution in [0.5, 0.6) is 5.75 Å².